The fourth-order valence-electron chi connectivity index (χ4n) is 5.42. The summed E-state index contributed by atoms with van der Waals surface area (Å²) in [5.74, 6) is -2.32. The van der Waals surface area contributed by atoms with Crippen LogP contribution in [0.25, 0.3) is 28.0 Å². The molecule has 14 heteroatoms. The highest BCUT2D eigenvalue weighted by Gasteiger charge is 2.32. The summed E-state index contributed by atoms with van der Waals surface area (Å²) in [7, 11) is -3.93. The van der Waals surface area contributed by atoms with Crippen LogP contribution in [0.5, 0.6) is 0 Å². The molecule has 44 heavy (non-hydrogen) atoms. The Labute approximate surface area is 257 Å². The van der Waals surface area contributed by atoms with Crippen molar-refractivity contribution in [3.8, 4) is 16.9 Å². The number of pyridine rings is 2. The molecule has 0 radical (unpaired) electrons. The summed E-state index contributed by atoms with van der Waals surface area (Å²) in [6, 6.07) is 5.82. The number of aromatic nitrogens is 4. The Morgan fingerprint density at radius 3 is 2.50 bits per heavy atom. The average Bonchev–Trinajstić information content (AvgIpc) is 2.96. The number of piperazine rings is 1. The highest BCUT2D eigenvalue weighted by atomic mass is 35.5. The van der Waals surface area contributed by atoms with Crippen molar-refractivity contribution < 1.29 is 22.0 Å². The highest BCUT2D eigenvalue weighted by Crippen LogP contribution is 2.36. The van der Waals surface area contributed by atoms with Crippen LogP contribution in [0.4, 0.5) is 14.6 Å². The molecule has 0 aliphatic carbocycles. The number of sulfone groups is 1. The number of fused-ring (bicyclic) bond motifs is 1. The maximum Gasteiger partial charge on any atom is 0.355 e. The Morgan fingerprint density at radius 1 is 1.16 bits per heavy atom. The van der Waals surface area contributed by atoms with E-state index in [9.17, 15) is 18.0 Å². The zero-order valence-corrected chi connectivity index (χ0v) is 26.0. The number of rotatable bonds is 6. The van der Waals surface area contributed by atoms with Gasteiger partial charge in [-0.3, -0.25) is 9.78 Å². The molecule has 1 aromatic carbocycles. The van der Waals surface area contributed by atoms with Gasteiger partial charge in [-0.25, -0.2) is 31.5 Å². The Hall–Kier alpha value is -4.23. The molecule has 4 heterocycles. The van der Waals surface area contributed by atoms with Crippen LogP contribution in [-0.4, -0.2) is 70.7 Å². The summed E-state index contributed by atoms with van der Waals surface area (Å²) >= 11 is 6.29. The monoisotopic (exact) mass is 642 g/mol. The smallest absolute Gasteiger partial charge is 0.350 e. The van der Waals surface area contributed by atoms with E-state index < -0.39 is 32.9 Å². The number of carbonyl (C=O) groups excluding carboxylic acids is 1. The highest BCUT2D eigenvalue weighted by molar-refractivity contribution is 7.90. The fraction of sp³-hybridized carbons (Fsp3) is 0.300. The van der Waals surface area contributed by atoms with Crippen LogP contribution >= 0.6 is 11.6 Å². The standard InChI is InChI=1S/C30H29ClF2N6O4S/c1-6-23(40)37-12-13-38(17(4)15-37)28-18-14-21(33)26(24-19(31)8-7-9-20(24)32)35-29(18)39(30(41)36-28)27-22(44(5,42)43)10-11-34-25(27)16(2)3/h6-11,14,16-17H,1,12-13,15H2,2-5H3/t17-/m0/s1. The van der Waals surface area contributed by atoms with Gasteiger partial charge in [-0.15, -0.1) is 0 Å². The van der Waals surface area contributed by atoms with Gasteiger partial charge < -0.3 is 9.80 Å². The van der Waals surface area contributed by atoms with Gasteiger partial charge in [0.2, 0.25) is 5.91 Å². The minimum atomic E-state index is -3.93. The second-order valence-corrected chi connectivity index (χ2v) is 13.2. The van der Waals surface area contributed by atoms with Crippen molar-refractivity contribution in [2.45, 2.75) is 37.6 Å². The summed E-state index contributed by atoms with van der Waals surface area (Å²) in [6.45, 7) is 9.69. The van der Waals surface area contributed by atoms with Gasteiger partial charge in [-0.05, 0) is 43.2 Å². The molecule has 0 saturated carbocycles. The third-order valence-corrected chi connectivity index (χ3v) is 8.92. The molecule has 1 fully saturated rings. The molecule has 10 nitrogen and oxygen atoms in total. The molecule has 4 aromatic rings. The number of anilines is 1. The predicted octanol–water partition coefficient (Wildman–Crippen LogP) is 4.52. The van der Waals surface area contributed by atoms with Crippen LogP contribution in [-0.2, 0) is 14.6 Å². The largest absolute Gasteiger partial charge is 0.355 e. The predicted molar refractivity (Wildman–Crippen MR) is 164 cm³/mol. The normalized spacial score (nSPS) is 15.7. The Morgan fingerprint density at radius 2 is 1.89 bits per heavy atom. The van der Waals surface area contributed by atoms with Crippen LogP contribution in [0.2, 0.25) is 5.02 Å². The van der Waals surface area contributed by atoms with Crippen LogP contribution in [0, 0.1) is 11.6 Å². The van der Waals surface area contributed by atoms with Crippen molar-refractivity contribution in [2.75, 3.05) is 30.8 Å². The molecule has 230 valence electrons. The maximum absolute atomic E-state index is 15.9. The first kappa shape index (κ1) is 31.2. The van der Waals surface area contributed by atoms with Crippen molar-refractivity contribution in [1.82, 2.24) is 24.4 Å². The Balaban J connectivity index is 1.90. The molecular formula is C30H29ClF2N6O4S. The second kappa shape index (κ2) is 11.7. The van der Waals surface area contributed by atoms with E-state index in [1.165, 1.54) is 30.5 Å². The fourth-order valence-corrected chi connectivity index (χ4v) is 6.53. The van der Waals surface area contributed by atoms with Gasteiger partial charge in [-0.1, -0.05) is 38.1 Å². The molecule has 1 amide bonds. The number of halogens is 3. The third-order valence-electron chi connectivity index (χ3n) is 7.47. The lowest BCUT2D eigenvalue weighted by Crippen LogP contribution is -2.54. The molecule has 1 aliphatic heterocycles. The quantitative estimate of drug-likeness (QED) is 0.282. The minimum absolute atomic E-state index is 0.0617. The molecule has 0 unspecified atom stereocenters. The lowest BCUT2D eigenvalue weighted by Gasteiger charge is -2.40. The zero-order chi connectivity index (χ0) is 32.1. The van der Waals surface area contributed by atoms with E-state index in [0.717, 1.165) is 23.0 Å². The van der Waals surface area contributed by atoms with Crippen LogP contribution in [0.3, 0.4) is 0 Å². The number of hydrogen-bond donors (Lipinski definition) is 0. The Kier molecular flexibility index (Phi) is 8.29. The van der Waals surface area contributed by atoms with E-state index in [1.807, 2.05) is 6.92 Å². The first-order valence-electron chi connectivity index (χ1n) is 13.7. The van der Waals surface area contributed by atoms with Gasteiger partial charge in [-0.2, -0.15) is 4.98 Å². The molecule has 3 aromatic heterocycles. The van der Waals surface area contributed by atoms with Gasteiger partial charge in [0.1, 0.15) is 17.3 Å². The first-order chi connectivity index (χ1) is 20.7. The summed E-state index contributed by atoms with van der Waals surface area (Å²) < 4.78 is 58.0. The molecule has 1 aliphatic rings. The van der Waals surface area contributed by atoms with Gasteiger partial charge in [0, 0.05) is 38.1 Å². The minimum Gasteiger partial charge on any atom is -0.350 e. The van der Waals surface area contributed by atoms with E-state index in [1.54, 1.807) is 23.6 Å². The van der Waals surface area contributed by atoms with Gasteiger partial charge >= 0.3 is 5.69 Å². The van der Waals surface area contributed by atoms with Crippen molar-refractivity contribution in [3.63, 3.8) is 0 Å². The molecule has 1 saturated heterocycles. The lowest BCUT2D eigenvalue weighted by atomic mass is 10.1. The van der Waals surface area contributed by atoms with E-state index in [-0.39, 0.29) is 81.2 Å². The van der Waals surface area contributed by atoms with E-state index in [0.29, 0.717) is 0 Å². The molecule has 1 atom stereocenters. The maximum atomic E-state index is 15.9. The number of nitrogens with zero attached hydrogens (tertiary/aromatic N) is 6. The molecule has 0 N–H and O–H groups in total. The summed E-state index contributed by atoms with van der Waals surface area (Å²) in [5.41, 5.74) is -1.71. The number of benzene rings is 1. The number of carbonyl (C=O) groups is 1. The van der Waals surface area contributed by atoms with E-state index >= 15 is 8.78 Å². The van der Waals surface area contributed by atoms with Gasteiger partial charge in [0.05, 0.1) is 32.2 Å². The third kappa shape index (κ3) is 5.45. The molecule has 0 bridgehead atoms. The number of hydrogen-bond acceptors (Lipinski definition) is 8. The lowest BCUT2D eigenvalue weighted by molar-refractivity contribution is -0.126. The number of amides is 1. The molecular weight excluding hydrogens is 614 g/mol. The second-order valence-electron chi connectivity index (χ2n) is 10.8. The first-order valence-corrected chi connectivity index (χ1v) is 16.0. The van der Waals surface area contributed by atoms with Crippen LogP contribution in [0.1, 0.15) is 32.4 Å². The summed E-state index contributed by atoms with van der Waals surface area (Å²) in [4.78, 5) is 42.6. The van der Waals surface area contributed by atoms with E-state index in [2.05, 4.69) is 21.5 Å². The van der Waals surface area contributed by atoms with E-state index in [4.69, 9.17) is 11.6 Å². The molecule has 5 rings (SSSR count). The van der Waals surface area contributed by atoms with Crippen LogP contribution < -0.4 is 10.6 Å². The van der Waals surface area contributed by atoms with Crippen molar-refractivity contribution in [2.24, 2.45) is 0 Å². The van der Waals surface area contributed by atoms with Crippen molar-refractivity contribution in [1.29, 1.82) is 0 Å². The molecule has 0 spiro atoms. The van der Waals surface area contributed by atoms with Crippen LogP contribution in [0.15, 0.2) is 58.9 Å². The SMILES string of the molecule is C=CC(=O)N1CCN(c2nc(=O)n(-c3c(S(C)(=O)=O)ccnc3C(C)C)c3nc(-c4c(F)cccc4Cl)c(F)cc23)[C@@H](C)C1. The summed E-state index contributed by atoms with van der Waals surface area (Å²) in [6.07, 6.45) is 3.54. The zero-order valence-electron chi connectivity index (χ0n) is 24.4. The summed E-state index contributed by atoms with van der Waals surface area (Å²) in [5, 5.41) is -0.0525. The van der Waals surface area contributed by atoms with Crippen molar-refractivity contribution >= 4 is 44.2 Å². The Bertz CT molecular complexity index is 1980. The topological polar surface area (TPSA) is 118 Å². The average molecular weight is 643 g/mol. The van der Waals surface area contributed by atoms with Gasteiger partial charge in [0.25, 0.3) is 0 Å². The van der Waals surface area contributed by atoms with Crippen molar-refractivity contribution in [3.05, 3.63) is 82.0 Å². The van der Waals surface area contributed by atoms with Gasteiger partial charge in [0.15, 0.2) is 21.3 Å².